The van der Waals surface area contributed by atoms with Crippen LogP contribution in [0.2, 0.25) is 0 Å². The van der Waals surface area contributed by atoms with Crippen LogP contribution >= 0.6 is 11.3 Å². The number of morpholine rings is 1. The Balaban J connectivity index is 2.03. The molecule has 1 aliphatic rings. The molecule has 0 spiro atoms. The molecular formula is C7H8N2O2S. The molecule has 5 heteroatoms. The van der Waals surface area contributed by atoms with Crippen LogP contribution in [0.3, 0.4) is 0 Å². The highest BCUT2D eigenvalue weighted by Gasteiger charge is 2.20. The second kappa shape index (κ2) is 3.20. The van der Waals surface area contributed by atoms with E-state index in [4.69, 9.17) is 4.74 Å². The van der Waals surface area contributed by atoms with Gasteiger partial charge in [0.1, 0.15) is 12.7 Å². The van der Waals surface area contributed by atoms with Crippen LogP contribution < -0.4 is 5.32 Å². The predicted octanol–water partition coefficient (Wildman–Crippen LogP) is 0.331. The molecule has 2 rings (SSSR count). The summed E-state index contributed by atoms with van der Waals surface area (Å²) in [7, 11) is 0. The Kier molecular flexibility index (Phi) is 2.05. The molecule has 1 atom stereocenters. The smallest absolute Gasteiger partial charge is 0.246 e. The summed E-state index contributed by atoms with van der Waals surface area (Å²) in [4.78, 5) is 14.8. The Hall–Kier alpha value is -0.940. The molecule has 1 N–H and O–H groups in total. The number of hydrogen-bond acceptors (Lipinski definition) is 4. The van der Waals surface area contributed by atoms with Crippen LogP contribution in [0.5, 0.6) is 0 Å². The number of aromatic nitrogens is 1. The average Bonchev–Trinajstić information content (AvgIpc) is 2.58. The van der Waals surface area contributed by atoms with Crippen molar-refractivity contribution < 1.29 is 9.53 Å². The molecule has 1 aromatic rings. The molecule has 64 valence electrons. The fraction of sp³-hybridized carbons (Fsp3) is 0.429. The fourth-order valence-corrected chi connectivity index (χ4v) is 1.66. The minimum absolute atomic E-state index is 0.0542. The third-order valence-electron chi connectivity index (χ3n) is 1.68. The van der Waals surface area contributed by atoms with E-state index in [-0.39, 0.29) is 18.6 Å². The van der Waals surface area contributed by atoms with Crippen molar-refractivity contribution in [1.82, 2.24) is 10.3 Å². The molecule has 0 aliphatic carbocycles. The molecule has 1 unspecified atom stereocenters. The average molecular weight is 184 g/mol. The molecular weight excluding hydrogens is 176 g/mol. The van der Waals surface area contributed by atoms with Gasteiger partial charge in [0, 0.05) is 11.9 Å². The Labute approximate surface area is 73.6 Å². The summed E-state index contributed by atoms with van der Waals surface area (Å²) < 4.78 is 5.27. The zero-order chi connectivity index (χ0) is 8.39. The molecule has 4 nitrogen and oxygen atoms in total. The van der Waals surface area contributed by atoms with Gasteiger partial charge in [-0.1, -0.05) is 0 Å². The van der Waals surface area contributed by atoms with Gasteiger partial charge in [-0.15, -0.1) is 11.3 Å². The zero-order valence-electron chi connectivity index (χ0n) is 6.32. The lowest BCUT2D eigenvalue weighted by Crippen LogP contribution is -2.38. The lowest BCUT2D eigenvalue weighted by Gasteiger charge is -2.21. The van der Waals surface area contributed by atoms with Crippen LogP contribution in [0.4, 0.5) is 0 Å². The highest BCUT2D eigenvalue weighted by molar-refractivity contribution is 7.07. The Morgan fingerprint density at radius 1 is 1.75 bits per heavy atom. The summed E-state index contributed by atoms with van der Waals surface area (Å²) in [5.74, 6) is -0.0542. The Morgan fingerprint density at radius 3 is 3.25 bits per heavy atom. The second-order valence-corrected chi connectivity index (χ2v) is 3.24. The van der Waals surface area contributed by atoms with E-state index in [9.17, 15) is 4.79 Å². The van der Waals surface area contributed by atoms with Crippen molar-refractivity contribution in [3.63, 3.8) is 0 Å². The second-order valence-electron chi connectivity index (χ2n) is 2.52. The van der Waals surface area contributed by atoms with Crippen molar-refractivity contribution >= 4 is 17.2 Å². The minimum atomic E-state index is -0.0612. The van der Waals surface area contributed by atoms with E-state index in [1.807, 2.05) is 5.38 Å². The van der Waals surface area contributed by atoms with Gasteiger partial charge in [-0.25, -0.2) is 4.98 Å². The van der Waals surface area contributed by atoms with Crippen molar-refractivity contribution in [3.8, 4) is 0 Å². The van der Waals surface area contributed by atoms with Gasteiger partial charge in [0.25, 0.3) is 0 Å². The maximum Gasteiger partial charge on any atom is 0.246 e. The van der Waals surface area contributed by atoms with Crippen LogP contribution in [0.1, 0.15) is 11.8 Å². The number of carbonyl (C=O) groups is 1. The molecule has 0 bridgehead atoms. The van der Waals surface area contributed by atoms with E-state index in [1.54, 1.807) is 5.51 Å². The number of carbonyl (C=O) groups excluding carboxylic acids is 1. The Morgan fingerprint density at radius 2 is 2.67 bits per heavy atom. The van der Waals surface area contributed by atoms with E-state index in [0.29, 0.717) is 6.54 Å². The van der Waals surface area contributed by atoms with E-state index in [2.05, 4.69) is 10.3 Å². The molecule has 0 radical (unpaired) electrons. The first-order valence-corrected chi connectivity index (χ1v) is 4.57. The molecule has 1 amide bonds. The minimum Gasteiger partial charge on any atom is -0.360 e. The quantitative estimate of drug-likeness (QED) is 0.684. The van der Waals surface area contributed by atoms with Crippen LogP contribution in [0.15, 0.2) is 10.9 Å². The van der Waals surface area contributed by atoms with Crippen LogP contribution in [-0.4, -0.2) is 24.0 Å². The maximum atomic E-state index is 10.7. The lowest BCUT2D eigenvalue weighted by molar-refractivity contribution is -0.133. The van der Waals surface area contributed by atoms with Crippen molar-refractivity contribution in [2.45, 2.75) is 6.10 Å². The van der Waals surface area contributed by atoms with Crippen molar-refractivity contribution in [2.24, 2.45) is 0 Å². The number of ether oxygens (including phenoxy) is 1. The first-order valence-electron chi connectivity index (χ1n) is 3.62. The first-order chi connectivity index (χ1) is 5.86. The molecule has 1 aliphatic heterocycles. The summed E-state index contributed by atoms with van der Waals surface area (Å²) in [6, 6.07) is 0. The molecule has 12 heavy (non-hydrogen) atoms. The third kappa shape index (κ3) is 1.46. The summed E-state index contributed by atoms with van der Waals surface area (Å²) in [5, 5.41) is 4.65. The van der Waals surface area contributed by atoms with E-state index in [1.165, 1.54) is 11.3 Å². The van der Waals surface area contributed by atoms with Gasteiger partial charge < -0.3 is 10.1 Å². The SMILES string of the molecule is O=C1COC(c2cscn2)CN1. The third-order valence-corrected chi connectivity index (χ3v) is 2.29. The topological polar surface area (TPSA) is 51.2 Å². The molecule has 1 fully saturated rings. The number of nitrogens with one attached hydrogen (secondary N) is 1. The van der Waals surface area contributed by atoms with Crippen LogP contribution in [0.25, 0.3) is 0 Å². The summed E-state index contributed by atoms with van der Waals surface area (Å²) >= 11 is 1.53. The molecule has 1 aromatic heterocycles. The van der Waals surface area contributed by atoms with E-state index < -0.39 is 0 Å². The predicted molar refractivity (Wildman–Crippen MR) is 43.8 cm³/mol. The van der Waals surface area contributed by atoms with Crippen molar-refractivity contribution in [2.75, 3.05) is 13.2 Å². The highest BCUT2D eigenvalue weighted by Crippen LogP contribution is 2.17. The molecule has 0 aromatic carbocycles. The number of thiazole rings is 1. The van der Waals surface area contributed by atoms with Gasteiger partial charge in [-0.3, -0.25) is 4.79 Å². The number of amides is 1. The summed E-state index contributed by atoms with van der Waals surface area (Å²) in [6.45, 7) is 0.671. The summed E-state index contributed by atoms with van der Waals surface area (Å²) in [6.07, 6.45) is -0.0612. The fourth-order valence-electron chi connectivity index (χ4n) is 1.06. The number of rotatable bonds is 1. The lowest BCUT2D eigenvalue weighted by atomic mass is 10.2. The summed E-state index contributed by atoms with van der Waals surface area (Å²) in [5.41, 5.74) is 2.66. The van der Waals surface area contributed by atoms with Gasteiger partial charge in [-0.2, -0.15) is 0 Å². The van der Waals surface area contributed by atoms with Gasteiger partial charge in [-0.05, 0) is 0 Å². The van der Waals surface area contributed by atoms with Crippen molar-refractivity contribution in [3.05, 3.63) is 16.6 Å². The zero-order valence-corrected chi connectivity index (χ0v) is 7.13. The van der Waals surface area contributed by atoms with Crippen LogP contribution in [0, 0.1) is 0 Å². The van der Waals surface area contributed by atoms with E-state index >= 15 is 0 Å². The number of hydrogen-bond donors (Lipinski definition) is 1. The largest absolute Gasteiger partial charge is 0.360 e. The number of nitrogens with zero attached hydrogens (tertiary/aromatic N) is 1. The van der Waals surface area contributed by atoms with Gasteiger partial charge in [0.05, 0.1) is 11.2 Å². The normalized spacial score (nSPS) is 23.7. The van der Waals surface area contributed by atoms with Gasteiger partial charge in [0.15, 0.2) is 0 Å². The monoisotopic (exact) mass is 184 g/mol. The molecule has 0 saturated carbocycles. The van der Waals surface area contributed by atoms with Gasteiger partial charge in [0.2, 0.25) is 5.91 Å². The molecule has 2 heterocycles. The maximum absolute atomic E-state index is 10.7. The van der Waals surface area contributed by atoms with E-state index in [0.717, 1.165) is 5.69 Å². The van der Waals surface area contributed by atoms with Crippen LogP contribution in [-0.2, 0) is 9.53 Å². The highest BCUT2D eigenvalue weighted by atomic mass is 32.1. The van der Waals surface area contributed by atoms with Gasteiger partial charge >= 0.3 is 0 Å². The first kappa shape index (κ1) is 7.70. The van der Waals surface area contributed by atoms with Crippen molar-refractivity contribution in [1.29, 1.82) is 0 Å². The standard InChI is InChI=1S/C7H8N2O2S/c10-7-2-11-6(1-8-7)5-3-12-4-9-5/h3-4,6H,1-2H2,(H,8,10). The molecule has 1 saturated heterocycles. The Bertz CT molecular complexity index is 263.